The summed E-state index contributed by atoms with van der Waals surface area (Å²) >= 11 is 0. The summed E-state index contributed by atoms with van der Waals surface area (Å²) in [7, 11) is 0. The Morgan fingerprint density at radius 1 is 0.574 bits per heavy atom. The van der Waals surface area contributed by atoms with Crippen LogP contribution >= 0.6 is 0 Å². The Hall–Kier alpha value is -5.52. The van der Waals surface area contributed by atoms with E-state index in [1.54, 1.807) is 24.5 Å². The minimum Gasteiger partial charge on any atom is -0.507 e. The Morgan fingerprint density at radius 3 is 1.33 bits per heavy atom. The van der Waals surface area contributed by atoms with Gasteiger partial charge >= 0.3 is 0 Å². The molecule has 0 bridgehead atoms. The van der Waals surface area contributed by atoms with Crippen molar-refractivity contribution in [3.05, 3.63) is 137 Å². The van der Waals surface area contributed by atoms with Crippen molar-refractivity contribution in [2.75, 3.05) is 10.6 Å². The van der Waals surface area contributed by atoms with Gasteiger partial charge in [0.15, 0.2) is 0 Å². The lowest BCUT2D eigenvalue weighted by atomic mass is 9.96. The Labute approximate surface area is 318 Å². The molecule has 0 saturated heterocycles. The van der Waals surface area contributed by atoms with Crippen LogP contribution in [-0.4, -0.2) is 46.7 Å². The first-order valence-electron chi connectivity index (χ1n) is 18.2. The number of aryl methyl sites for hydroxylation is 1. The van der Waals surface area contributed by atoms with Crippen LogP contribution in [0, 0.1) is 17.8 Å². The number of amides is 2. The van der Waals surface area contributed by atoms with Crippen LogP contribution in [0.5, 0.6) is 5.75 Å². The molecule has 11 nitrogen and oxygen atoms in total. The normalized spacial score (nSPS) is 11.9. The summed E-state index contributed by atoms with van der Waals surface area (Å²) in [5, 5.41) is 17.8. The smallest absolute Gasteiger partial charge is 0.230 e. The number of aromatic hydroxyl groups is 1. The summed E-state index contributed by atoms with van der Waals surface area (Å²) < 4.78 is 0. The summed E-state index contributed by atoms with van der Waals surface area (Å²) in [6, 6.07) is 26.9. The first-order chi connectivity index (χ1) is 25.6. The molecule has 11 heteroatoms. The van der Waals surface area contributed by atoms with Crippen LogP contribution in [-0.2, 0) is 48.9 Å². The van der Waals surface area contributed by atoms with E-state index in [1.807, 2.05) is 121 Å². The molecule has 5 rings (SSSR count). The highest BCUT2D eigenvalue weighted by Gasteiger charge is 2.24. The Balaban J connectivity index is 1.45. The SMILES string of the molecule is Cc1cc(CN(Cc2ccccn2)Cc2ccccn2)c(O)c(CN(Cc2cccc(NC(=O)C(C)(C)C)n2)Cc2cccc(NC(=O)C(C)(C)C)n2)c1. The Morgan fingerprint density at radius 2 is 0.963 bits per heavy atom. The second-order valence-electron chi connectivity index (χ2n) is 15.8. The number of carbonyl (C=O) groups is 2. The predicted octanol–water partition coefficient (Wildman–Crippen LogP) is 7.65. The van der Waals surface area contributed by atoms with Crippen LogP contribution in [0.2, 0.25) is 0 Å². The second-order valence-corrected chi connectivity index (χ2v) is 15.8. The molecule has 1 aromatic carbocycles. The molecule has 0 aliphatic heterocycles. The molecular formula is C43H52N8O3. The fourth-order valence-corrected chi connectivity index (χ4v) is 5.77. The van der Waals surface area contributed by atoms with E-state index >= 15 is 0 Å². The number of carbonyl (C=O) groups excluding carboxylic acids is 2. The lowest BCUT2D eigenvalue weighted by molar-refractivity contribution is -0.123. The summed E-state index contributed by atoms with van der Waals surface area (Å²) in [4.78, 5) is 48.6. The molecule has 0 unspecified atom stereocenters. The lowest BCUT2D eigenvalue weighted by Crippen LogP contribution is -2.29. The average molecular weight is 729 g/mol. The highest BCUT2D eigenvalue weighted by molar-refractivity contribution is 5.94. The summed E-state index contributed by atoms with van der Waals surface area (Å²) in [6.45, 7) is 16.0. The van der Waals surface area contributed by atoms with Crippen LogP contribution in [0.15, 0.2) is 97.3 Å². The van der Waals surface area contributed by atoms with Gasteiger partial charge in [-0.15, -0.1) is 0 Å². The van der Waals surface area contributed by atoms with Crippen molar-refractivity contribution in [2.24, 2.45) is 10.8 Å². The van der Waals surface area contributed by atoms with E-state index in [0.29, 0.717) is 50.9 Å². The van der Waals surface area contributed by atoms with Crippen molar-refractivity contribution in [3.63, 3.8) is 0 Å². The number of phenolic OH excluding ortho intramolecular Hbond substituents is 1. The molecule has 0 fully saturated rings. The first-order valence-corrected chi connectivity index (χ1v) is 18.2. The highest BCUT2D eigenvalue weighted by atomic mass is 16.3. The number of phenols is 1. The van der Waals surface area contributed by atoms with Gasteiger partial charge in [0.05, 0.1) is 22.8 Å². The van der Waals surface area contributed by atoms with Gasteiger partial charge in [-0.2, -0.15) is 0 Å². The minimum absolute atomic E-state index is 0.125. The lowest BCUT2D eigenvalue weighted by Gasteiger charge is -2.26. The van der Waals surface area contributed by atoms with Gasteiger partial charge in [-0.1, -0.05) is 83.5 Å². The molecule has 4 aromatic heterocycles. The zero-order valence-electron chi connectivity index (χ0n) is 32.4. The maximum absolute atomic E-state index is 12.8. The quantitative estimate of drug-likeness (QED) is 0.105. The van der Waals surface area contributed by atoms with E-state index in [9.17, 15) is 14.7 Å². The highest BCUT2D eigenvalue weighted by Crippen LogP contribution is 2.29. The third-order valence-electron chi connectivity index (χ3n) is 8.65. The fourth-order valence-electron chi connectivity index (χ4n) is 5.77. The number of anilines is 2. The Kier molecular flexibility index (Phi) is 12.9. The van der Waals surface area contributed by atoms with Crippen molar-refractivity contribution < 1.29 is 14.7 Å². The van der Waals surface area contributed by atoms with E-state index in [4.69, 9.17) is 9.97 Å². The number of nitrogens with one attached hydrogen (secondary N) is 2. The molecule has 0 aliphatic rings. The number of pyridine rings is 4. The van der Waals surface area contributed by atoms with Gasteiger partial charge in [0.1, 0.15) is 17.4 Å². The molecular weight excluding hydrogens is 677 g/mol. The predicted molar refractivity (Wildman–Crippen MR) is 212 cm³/mol. The number of benzene rings is 1. The third kappa shape index (κ3) is 11.7. The molecule has 5 aromatic rings. The fraction of sp³-hybridized carbons (Fsp3) is 0.349. The molecule has 2 amide bonds. The maximum atomic E-state index is 12.8. The molecule has 0 spiro atoms. The molecule has 4 heterocycles. The topological polar surface area (TPSA) is 136 Å². The van der Waals surface area contributed by atoms with E-state index in [2.05, 4.69) is 30.4 Å². The summed E-state index contributed by atoms with van der Waals surface area (Å²) in [5.41, 5.74) is 4.75. The molecule has 3 N–H and O–H groups in total. The second kappa shape index (κ2) is 17.5. The molecule has 282 valence electrons. The van der Waals surface area contributed by atoms with Crippen molar-refractivity contribution in [2.45, 2.75) is 87.7 Å². The first kappa shape index (κ1) is 39.7. The molecule has 0 radical (unpaired) electrons. The van der Waals surface area contributed by atoms with E-state index in [1.165, 1.54) is 0 Å². The van der Waals surface area contributed by atoms with Crippen LogP contribution in [0.25, 0.3) is 0 Å². The number of rotatable bonds is 14. The van der Waals surface area contributed by atoms with Gasteiger partial charge in [-0.3, -0.25) is 29.4 Å². The van der Waals surface area contributed by atoms with Gasteiger partial charge in [0.25, 0.3) is 0 Å². The van der Waals surface area contributed by atoms with Crippen molar-refractivity contribution in [1.29, 1.82) is 0 Å². The zero-order valence-corrected chi connectivity index (χ0v) is 32.4. The van der Waals surface area contributed by atoms with Gasteiger partial charge in [0, 0.05) is 73.6 Å². The van der Waals surface area contributed by atoms with Gasteiger partial charge < -0.3 is 15.7 Å². The summed E-state index contributed by atoms with van der Waals surface area (Å²) in [5.74, 6) is 0.910. The van der Waals surface area contributed by atoms with Crippen LogP contribution in [0.1, 0.15) is 81.0 Å². The number of hydrogen-bond donors (Lipinski definition) is 3. The molecule has 0 saturated carbocycles. The van der Waals surface area contributed by atoms with Crippen LogP contribution < -0.4 is 10.6 Å². The van der Waals surface area contributed by atoms with Gasteiger partial charge in [-0.25, -0.2) is 9.97 Å². The standard InChI is InChI=1S/C43H52N8O3/c1-30-22-31(24-50(26-33-14-8-10-20-44-33)27-34-15-9-11-21-45-34)39(52)32(23-30)25-51(28-35-16-12-18-37(46-35)48-40(53)42(2,3)4)29-36-17-13-19-38(47-36)49-41(54)43(5,6)7/h8-23,52H,24-29H2,1-7H3,(H,46,48,53)(H,47,49,54). The van der Waals surface area contributed by atoms with Crippen molar-refractivity contribution in [1.82, 2.24) is 29.7 Å². The summed E-state index contributed by atoms with van der Waals surface area (Å²) in [6.07, 6.45) is 3.58. The monoisotopic (exact) mass is 728 g/mol. The van der Waals surface area contributed by atoms with Crippen LogP contribution in [0.3, 0.4) is 0 Å². The average Bonchev–Trinajstić information content (AvgIpc) is 3.10. The van der Waals surface area contributed by atoms with Gasteiger partial charge in [0.2, 0.25) is 11.8 Å². The minimum atomic E-state index is -0.575. The Bertz CT molecular complexity index is 1910. The maximum Gasteiger partial charge on any atom is 0.230 e. The van der Waals surface area contributed by atoms with E-state index < -0.39 is 10.8 Å². The van der Waals surface area contributed by atoms with E-state index in [0.717, 1.165) is 39.5 Å². The number of aromatic nitrogens is 4. The molecule has 0 aliphatic carbocycles. The van der Waals surface area contributed by atoms with Gasteiger partial charge in [-0.05, 0) is 55.5 Å². The molecule has 0 atom stereocenters. The van der Waals surface area contributed by atoms with Crippen LogP contribution in [0.4, 0.5) is 11.6 Å². The number of nitrogens with zero attached hydrogens (tertiary/aromatic N) is 6. The zero-order chi connectivity index (χ0) is 38.9. The largest absolute Gasteiger partial charge is 0.507 e. The van der Waals surface area contributed by atoms with Crippen molar-refractivity contribution >= 4 is 23.5 Å². The molecule has 54 heavy (non-hydrogen) atoms. The van der Waals surface area contributed by atoms with E-state index in [-0.39, 0.29) is 17.6 Å². The van der Waals surface area contributed by atoms with Crippen molar-refractivity contribution in [3.8, 4) is 5.75 Å². The number of hydrogen-bond acceptors (Lipinski definition) is 9. The third-order valence-corrected chi connectivity index (χ3v) is 8.65.